The number of nitrogens with two attached hydrogens (primary N) is 1. The van der Waals surface area contributed by atoms with Crippen LogP contribution in [0, 0.1) is 13.8 Å². The van der Waals surface area contributed by atoms with Gasteiger partial charge in [0.1, 0.15) is 23.4 Å². The number of amides is 4. The zero-order chi connectivity index (χ0) is 28.9. The van der Waals surface area contributed by atoms with E-state index < -0.39 is 41.5 Å². The molecule has 2 aromatic rings. The number of ether oxygens (including phenoxy) is 1. The number of phenols is 1. The second kappa shape index (κ2) is 12.2. The minimum atomic E-state index is -1.15. The molecule has 0 aliphatic heterocycles. The first kappa shape index (κ1) is 29.5. The maximum Gasteiger partial charge on any atom is 0.408 e. The summed E-state index contributed by atoms with van der Waals surface area (Å²) in [6.45, 7) is 8.66. The molecule has 0 radical (unpaired) electrons. The lowest BCUT2D eigenvalue weighted by atomic mass is 9.99. The van der Waals surface area contributed by atoms with Gasteiger partial charge in [-0.1, -0.05) is 24.3 Å². The molecule has 2 aromatic carbocycles. The number of aryl methyl sites for hydroxylation is 2. The number of hydrogen-bond donors (Lipinski definition) is 4. The molecular formula is C29H38N4O6. The van der Waals surface area contributed by atoms with Crippen LogP contribution in [0.15, 0.2) is 42.5 Å². The van der Waals surface area contributed by atoms with Gasteiger partial charge in [-0.3, -0.25) is 14.4 Å². The van der Waals surface area contributed by atoms with Gasteiger partial charge < -0.3 is 31.1 Å². The molecule has 1 aliphatic rings. The fourth-order valence-corrected chi connectivity index (χ4v) is 4.25. The van der Waals surface area contributed by atoms with E-state index in [0.717, 1.165) is 5.56 Å². The summed E-state index contributed by atoms with van der Waals surface area (Å²) in [5.41, 5.74) is 7.04. The van der Waals surface area contributed by atoms with E-state index in [1.807, 2.05) is 19.1 Å². The standard InChI is InChI=1S/C29H38N4O6/c1-17-8-6-7-9-21(17)31-26(36)25(19-10-14-23(34)18(2)16-19)33(20-11-12-20)27(37)22(13-15-24(30)35)32-28(38)39-29(3,4)5/h6-10,14,16,20,22,25,34H,11-13,15H2,1-5H3,(H2,30,35)(H,31,36)(H,32,38). The lowest BCUT2D eigenvalue weighted by molar-refractivity contribution is -0.141. The van der Waals surface area contributed by atoms with Crippen LogP contribution in [0.3, 0.4) is 0 Å². The van der Waals surface area contributed by atoms with Crippen molar-refractivity contribution >= 4 is 29.5 Å². The molecule has 0 bridgehead atoms. The largest absolute Gasteiger partial charge is 0.508 e. The number of rotatable bonds is 10. The van der Waals surface area contributed by atoms with Gasteiger partial charge in [-0.25, -0.2) is 4.79 Å². The molecule has 0 aromatic heterocycles. The van der Waals surface area contributed by atoms with Crippen LogP contribution in [0.25, 0.3) is 0 Å². The Morgan fingerprint density at radius 1 is 1.08 bits per heavy atom. The topological polar surface area (TPSA) is 151 Å². The Labute approximate surface area is 228 Å². The molecule has 39 heavy (non-hydrogen) atoms. The number of carbonyl (C=O) groups excluding carboxylic acids is 4. The molecule has 1 fully saturated rings. The Balaban J connectivity index is 2.02. The van der Waals surface area contributed by atoms with Crippen LogP contribution in [0.4, 0.5) is 10.5 Å². The minimum absolute atomic E-state index is 0.0582. The van der Waals surface area contributed by atoms with Crippen LogP contribution in [0.2, 0.25) is 0 Å². The number of aromatic hydroxyl groups is 1. The third kappa shape index (κ3) is 8.20. The summed E-state index contributed by atoms with van der Waals surface area (Å²) in [5.74, 6) is -1.53. The van der Waals surface area contributed by atoms with Gasteiger partial charge in [0, 0.05) is 18.2 Å². The maximum absolute atomic E-state index is 14.1. The van der Waals surface area contributed by atoms with Crippen molar-refractivity contribution in [3.05, 3.63) is 59.2 Å². The van der Waals surface area contributed by atoms with E-state index in [1.165, 1.54) is 11.0 Å². The average molecular weight is 539 g/mol. The summed E-state index contributed by atoms with van der Waals surface area (Å²) in [6, 6.07) is 9.58. The van der Waals surface area contributed by atoms with Crippen LogP contribution in [0.5, 0.6) is 5.75 Å². The molecule has 210 valence electrons. The summed E-state index contributed by atoms with van der Waals surface area (Å²) < 4.78 is 5.35. The van der Waals surface area contributed by atoms with Crippen molar-refractivity contribution in [2.24, 2.45) is 5.73 Å². The Kier molecular flexibility index (Phi) is 9.21. The quantitative estimate of drug-likeness (QED) is 0.361. The van der Waals surface area contributed by atoms with Crippen molar-refractivity contribution < 1.29 is 29.0 Å². The van der Waals surface area contributed by atoms with Crippen molar-refractivity contribution in [2.75, 3.05) is 5.32 Å². The monoisotopic (exact) mass is 538 g/mol. The van der Waals surface area contributed by atoms with Crippen molar-refractivity contribution in [3.63, 3.8) is 0 Å². The first-order valence-corrected chi connectivity index (χ1v) is 13.0. The van der Waals surface area contributed by atoms with Gasteiger partial charge in [-0.15, -0.1) is 0 Å². The number of nitrogens with zero attached hydrogens (tertiary/aromatic N) is 1. The molecule has 3 rings (SSSR count). The lowest BCUT2D eigenvalue weighted by Crippen LogP contribution is -2.53. The lowest BCUT2D eigenvalue weighted by Gasteiger charge is -2.35. The zero-order valence-electron chi connectivity index (χ0n) is 23.1. The molecule has 1 saturated carbocycles. The molecular weight excluding hydrogens is 500 g/mol. The van der Waals surface area contributed by atoms with Crippen molar-refractivity contribution in [1.82, 2.24) is 10.2 Å². The number of phenolic OH excluding ortho intramolecular Hbond substituents is 1. The Hall–Kier alpha value is -4.08. The van der Waals surface area contributed by atoms with E-state index in [4.69, 9.17) is 10.5 Å². The SMILES string of the molecule is Cc1cc(C(C(=O)Nc2ccccc2C)N(C(=O)C(CCC(N)=O)NC(=O)OC(C)(C)C)C2CC2)ccc1O. The van der Waals surface area contributed by atoms with Crippen LogP contribution >= 0.6 is 0 Å². The van der Waals surface area contributed by atoms with Gasteiger partial charge in [0.05, 0.1) is 0 Å². The number of benzene rings is 2. The summed E-state index contributed by atoms with van der Waals surface area (Å²) in [6.07, 6.45) is 0.320. The fraction of sp³-hybridized carbons (Fsp3) is 0.448. The Morgan fingerprint density at radius 2 is 1.74 bits per heavy atom. The van der Waals surface area contributed by atoms with Crippen molar-refractivity contribution in [2.45, 2.75) is 84.0 Å². The highest BCUT2D eigenvalue weighted by molar-refractivity contribution is 5.99. The third-order valence-corrected chi connectivity index (χ3v) is 6.33. The number of anilines is 1. The first-order valence-electron chi connectivity index (χ1n) is 13.0. The number of para-hydroxylation sites is 1. The van der Waals surface area contributed by atoms with Gasteiger partial charge in [0.25, 0.3) is 5.91 Å². The van der Waals surface area contributed by atoms with E-state index in [1.54, 1.807) is 52.0 Å². The number of primary amides is 1. The minimum Gasteiger partial charge on any atom is -0.508 e. The molecule has 1 aliphatic carbocycles. The summed E-state index contributed by atoms with van der Waals surface area (Å²) >= 11 is 0. The van der Waals surface area contributed by atoms with Crippen molar-refractivity contribution in [1.29, 1.82) is 0 Å². The molecule has 10 heteroatoms. The number of alkyl carbamates (subject to hydrolysis) is 1. The van der Waals surface area contributed by atoms with Gasteiger partial charge in [-0.2, -0.15) is 0 Å². The molecule has 10 nitrogen and oxygen atoms in total. The van der Waals surface area contributed by atoms with E-state index in [2.05, 4.69) is 10.6 Å². The van der Waals surface area contributed by atoms with E-state index in [9.17, 15) is 24.3 Å². The van der Waals surface area contributed by atoms with Gasteiger partial charge in [-0.05, 0) is 88.8 Å². The third-order valence-electron chi connectivity index (χ3n) is 6.33. The highest BCUT2D eigenvalue weighted by Gasteiger charge is 2.44. The van der Waals surface area contributed by atoms with Gasteiger partial charge >= 0.3 is 6.09 Å². The summed E-state index contributed by atoms with van der Waals surface area (Å²) in [7, 11) is 0. The van der Waals surface area contributed by atoms with Crippen LogP contribution in [-0.4, -0.2) is 51.5 Å². The second-order valence-electron chi connectivity index (χ2n) is 10.9. The Morgan fingerprint density at radius 3 is 2.31 bits per heavy atom. The van der Waals surface area contributed by atoms with E-state index in [0.29, 0.717) is 29.7 Å². The van der Waals surface area contributed by atoms with Gasteiger partial charge in [0.2, 0.25) is 11.8 Å². The maximum atomic E-state index is 14.1. The predicted molar refractivity (Wildman–Crippen MR) is 147 cm³/mol. The fourth-order valence-electron chi connectivity index (χ4n) is 4.25. The summed E-state index contributed by atoms with van der Waals surface area (Å²) in [5, 5.41) is 15.6. The molecule has 0 heterocycles. The zero-order valence-corrected chi connectivity index (χ0v) is 23.1. The number of hydrogen-bond acceptors (Lipinski definition) is 6. The smallest absolute Gasteiger partial charge is 0.408 e. The van der Waals surface area contributed by atoms with Crippen LogP contribution in [0.1, 0.15) is 69.2 Å². The molecule has 5 N–H and O–H groups in total. The van der Waals surface area contributed by atoms with Gasteiger partial charge in [0.15, 0.2) is 0 Å². The average Bonchev–Trinajstić information content (AvgIpc) is 3.67. The van der Waals surface area contributed by atoms with Crippen LogP contribution in [-0.2, 0) is 19.1 Å². The predicted octanol–water partition coefficient (Wildman–Crippen LogP) is 3.84. The van der Waals surface area contributed by atoms with E-state index >= 15 is 0 Å². The Bertz CT molecular complexity index is 1230. The highest BCUT2D eigenvalue weighted by Crippen LogP contribution is 2.37. The molecule has 0 saturated heterocycles. The molecule has 2 atom stereocenters. The summed E-state index contributed by atoms with van der Waals surface area (Å²) in [4.78, 5) is 53.7. The first-order chi connectivity index (χ1) is 18.3. The molecule has 0 spiro atoms. The van der Waals surface area contributed by atoms with Crippen molar-refractivity contribution in [3.8, 4) is 5.75 Å². The number of carbonyl (C=O) groups is 4. The molecule has 4 amide bonds. The number of nitrogens with one attached hydrogen (secondary N) is 2. The van der Waals surface area contributed by atoms with Crippen LogP contribution < -0.4 is 16.4 Å². The molecule has 2 unspecified atom stereocenters. The highest BCUT2D eigenvalue weighted by atomic mass is 16.6. The second-order valence-corrected chi connectivity index (χ2v) is 10.9. The normalized spacial score (nSPS) is 14.6. The van der Waals surface area contributed by atoms with E-state index in [-0.39, 0.29) is 24.6 Å².